The van der Waals surface area contributed by atoms with E-state index in [1.807, 2.05) is 0 Å². The monoisotopic (exact) mass is 329 g/mol. The van der Waals surface area contributed by atoms with Gasteiger partial charge in [0.1, 0.15) is 0 Å². The molecule has 0 aromatic heterocycles. The fourth-order valence-corrected chi connectivity index (χ4v) is 1.46. The average Bonchev–Trinajstić information content (AvgIpc) is 2.57. The summed E-state index contributed by atoms with van der Waals surface area (Å²) in [6.07, 6.45) is 8.56. The van der Waals surface area contributed by atoms with Gasteiger partial charge in [-0.2, -0.15) is 17.7 Å². The Labute approximate surface area is 135 Å². The Kier molecular flexibility index (Phi) is 19.2. The minimum absolute atomic E-state index is 0. The third-order valence-electron chi connectivity index (χ3n) is 2.13. The molecule has 0 saturated carbocycles. The molecule has 0 heterocycles. The van der Waals surface area contributed by atoms with Crippen LogP contribution in [0, 0.1) is 20.4 Å². The molecule has 17 heavy (non-hydrogen) atoms. The van der Waals surface area contributed by atoms with Crippen molar-refractivity contribution in [3.63, 3.8) is 0 Å². The van der Waals surface area contributed by atoms with Crippen LogP contribution < -0.4 is 0 Å². The molecule has 1 aromatic rings. The van der Waals surface area contributed by atoms with Crippen molar-refractivity contribution >= 4 is 42.8 Å². The third-order valence-corrected chi connectivity index (χ3v) is 2.13. The van der Waals surface area contributed by atoms with E-state index in [0.717, 1.165) is 6.42 Å². The first-order chi connectivity index (χ1) is 5.88. The maximum atomic E-state index is 3.32. The molecule has 0 amide bonds. The number of aryl methyl sites for hydroxylation is 1. The van der Waals surface area contributed by atoms with Gasteiger partial charge in [-0.1, -0.05) is 37.1 Å². The van der Waals surface area contributed by atoms with Crippen LogP contribution in [0.25, 0.3) is 5.57 Å². The van der Waals surface area contributed by atoms with Gasteiger partial charge in [-0.15, -0.1) is 54.9 Å². The van der Waals surface area contributed by atoms with Gasteiger partial charge >= 0.3 is 18.6 Å². The average molecular weight is 331 g/mol. The van der Waals surface area contributed by atoms with Crippen molar-refractivity contribution in [3.8, 4) is 0 Å². The van der Waals surface area contributed by atoms with Crippen LogP contribution in [0.2, 0.25) is 0 Å². The van der Waals surface area contributed by atoms with Gasteiger partial charge in [-0.3, -0.25) is 0 Å². The molecule has 4 heteroatoms. The Hall–Kier alpha value is 0.154. The number of benzene rings is 1. The van der Waals surface area contributed by atoms with Crippen molar-refractivity contribution < 1.29 is 18.6 Å². The van der Waals surface area contributed by atoms with E-state index in [9.17, 15) is 0 Å². The summed E-state index contributed by atoms with van der Waals surface area (Å²) in [7, 11) is 0. The van der Waals surface area contributed by atoms with E-state index >= 15 is 0 Å². The molecule has 0 N–H and O–H groups in total. The summed E-state index contributed by atoms with van der Waals surface area (Å²) in [6, 6.07) is 8.42. The second kappa shape index (κ2) is 12.6. The number of hydrogen-bond donors (Lipinski definition) is 0. The Morgan fingerprint density at radius 1 is 1.06 bits per heavy atom. The Morgan fingerprint density at radius 2 is 1.65 bits per heavy atom. The van der Waals surface area contributed by atoms with E-state index in [0.29, 0.717) is 0 Å². The van der Waals surface area contributed by atoms with Gasteiger partial charge in [0.2, 0.25) is 0 Å². The van der Waals surface area contributed by atoms with Crippen LogP contribution in [0.5, 0.6) is 0 Å². The predicted molar refractivity (Wildman–Crippen MR) is 79.7 cm³/mol. The summed E-state index contributed by atoms with van der Waals surface area (Å²) < 4.78 is 0. The van der Waals surface area contributed by atoms with Gasteiger partial charge in [0.25, 0.3) is 0 Å². The predicted octanol–water partition coefficient (Wildman–Crippen LogP) is 4.85. The number of halogens is 3. The molecule has 0 saturated heterocycles. The number of allylic oxidation sites excluding steroid dienone is 4. The van der Waals surface area contributed by atoms with Gasteiger partial charge in [0.05, 0.1) is 0 Å². The molecule has 0 spiro atoms. The fraction of sp³-hybridized carbons (Fsp3) is 0.154. The van der Waals surface area contributed by atoms with Gasteiger partial charge in [-0.05, 0) is 0 Å². The second-order valence-electron chi connectivity index (χ2n) is 3.01. The molecule has 2 rings (SSSR count). The maximum absolute atomic E-state index is 3.32. The van der Waals surface area contributed by atoms with E-state index in [1.165, 1.54) is 16.7 Å². The van der Waals surface area contributed by atoms with Gasteiger partial charge in [0.15, 0.2) is 0 Å². The van der Waals surface area contributed by atoms with Crippen LogP contribution in [-0.4, -0.2) is 0 Å². The summed E-state index contributed by atoms with van der Waals surface area (Å²) in [4.78, 5) is 0. The molecular formula is C13H17Cl3V. The zero-order valence-electron chi connectivity index (χ0n) is 9.84. The molecule has 0 nitrogen and oxygen atoms in total. The van der Waals surface area contributed by atoms with Crippen LogP contribution in [0.15, 0.2) is 36.4 Å². The van der Waals surface area contributed by atoms with Crippen LogP contribution in [0.4, 0.5) is 0 Å². The fourth-order valence-electron chi connectivity index (χ4n) is 1.46. The quantitative estimate of drug-likeness (QED) is 0.645. The Balaban J connectivity index is -0.000000169. The van der Waals surface area contributed by atoms with Crippen molar-refractivity contribution in [2.45, 2.75) is 13.3 Å². The van der Waals surface area contributed by atoms with Crippen LogP contribution in [0.1, 0.15) is 17.5 Å². The van der Waals surface area contributed by atoms with E-state index in [4.69, 9.17) is 0 Å². The summed E-state index contributed by atoms with van der Waals surface area (Å²) in [5.41, 5.74) is 3.88. The van der Waals surface area contributed by atoms with Crippen molar-refractivity contribution in [3.05, 3.63) is 61.0 Å². The molecule has 0 atom stereocenters. The molecule has 0 fully saturated rings. The van der Waals surface area contributed by atoms with Gasteiger partial charge in [-0.25, -0.2) is 0 Å². The van der Waals surface area contributed by atoms with Crippen molar-refractivity contribution in [2.24, 2.45) is 0 Å². The third kappa shape index (κ3) is 6.59. The summed E-state index contributed by atoms with van der Waals surface area (Å²) in [5.74, 6) is 0. The standard InChI is InChI=1S/C12H11.CH3.3ClH.V/c1-10-6-2-5-9-12(10)11-7-3-4-8-11;;;;;/h2-3,5-7,9H,4H2,1H3;1H3;3*1H;/q2*-1;;;;+2. The summed E-state index contributed by atoms with van der Waals surface area (Å²) in [6.45, 7) is 2.14. The zero-order chi connectivity index (χ0) is 8.39. The minimum Gasteiger partial charge on any atom is -0.358 e. The van der Waals surface area contributed by atoms with Gasteiger partial charge < -0.3 is 7.43 Å². The molecule has 95 valence electrons. The summed E-state index contributed by atoms with van der Waals surface area (Å²) >= 11 is 0. The largest absolute Gasteiger partial charge is 2.00 e. The smallest absolute Gasteiger partial charge is 0.358 e. The number of hydrogen-bond acceptors (Lipinski definition) is 0. The Morgan fingerprint density at radius 3 is 2.12 bits per heavy atom. The zero-order valence-corrected chi connectivity index (χ0v) is 13.7. The topological polar surface area (TPSA) is 0 Å². The normalized spacial score (nSPS) is 10.5. The van der Waals surface area contributed by atoms with E-state index < -0.39 is 0 Å². The van der Waals surface area contributed by atoms with Crippen LogP contribution in [-0.2, 0) is 18.6 Å². The molecule has 0 unspecified atom stereocenters. The van der Waals surface area contributed by atoms with Crippen molar-refractivity contribution in [2.75, 3.05) is 0 Å². The van der Waals surface area contributed by atoms with Crippen molar-refractivity contribution in [1.82, 2.24) is 0 Å². The van der Waals surface area contributed by atoms with Crippen molar-refractivity contribution in [1.29, 1.82) is 0 Å². The first-order valence-corrected chi connectivity index (χ1v) is 4.21. The first-order valence-electron chi connectivity index (χ1n) is 4.21. The molecule has 0 aliphatic heterocycles. The van der Waals surface area contributed by atoms with Crippen LogP contribution >= 0.6 is 37.2 Å². The molecule has 0 bridgehead atoms. The SMILES string of the molecule is Cc1ccccc1C1=[C-]CC=C1.Cl.Cl.Cl.[CH3-].[V+2]. The maximum Gasteiger partial charge on any atom is 2.00 e. The molecule has 1 radical (unpaired) electrons. The second-order valence-corrected chi connectivity index (χ2v) is 3.01. The molecule has 1 aliphatic rings. The number of rotatable bonds is 1. The first kappa shape index (κ1) is 25.9. The Bertz CT molecular complexity index is 359. The van der Waals surface area contributed by atoms with Crippen LogP contribution in [0.3, 0.4) is 0 Å². The molecule has 1 aliphatic carbocycles. The van der Waals surface area contributed by atoms with Gasteiger partial charge in [0, 0.05) is 0 Å². The van der Waals surface area contributed by atoms with E-state index in [-0.39, 0.29) is 63.2 Å². The molecule has 1 aromatic carbocycles. The van der Waals surface area contributed by atoms with E-state index in [2.05, 4.69) is 49.4 Å². The van der Waals surface area contributed by atoms with E-state index in [1.54, 1.807) is 0 Å². The minimum atomic E-state index is 0. The molecular weight excluding hydrogens is 313 g/mol. The summed E-state index contributed by atoms with van der Waals surface area (Å²) in [5, 5.41) is 0.